The Morgan fingerprint density at radius 2 is 1.88 bits per heavy atom. The van der Waals surface area contributed by atoms with Gasteiger partial charge < -0.3 is 4.74 Å². The van der Waals surface area contributed by atoms with Gasteiger partial charge in [-0.05, 0) is 50.6 Å². The van der Waals surface area contributed by atoms with Crippen molar-refractivity contribution in [3.63, 3.8) is 0 Å². The Morgan fingerprint density at radius 1 is 1.15 bits per heavy atom. The van der Waals surface area contributed by atoms with Crippen molar-refractivity contribution in [1.82, 2.24) is 25.4 Å². The number of aromatic amines is 1. The van der Waals surface area contributed by atoms with E-state index < -0.39 is 0 Å². The topological polar surface area (TPSA) is 97.2 Å². The van der Waals surface area contributed by atoms with E-state index in [9.17, 15) is 4.79 Å². The van der Waals surface area contributed by atoms with Crippen molar-refractivity contribution in [2.24, 2.45) is 12.1 Å². The van der Waals surface area contributed by atoms with Crippen LogP contribution in [-0.2, 0) is 7.05 Å². The smallest absolute Gasteiger partial charge is 0.289 e. The third-order valence-electron chi connectivity index (χ3n) is 5.66. The van der Waals surface area contributed by atoms with Crippen molar-refractivity contribution >= 4 is 12.1 Å². The molecule has 0 aliphatic rings. The van der Waals surface area contributed by atoms with Gasteiger partial charge in [0.25, 0.3) is 5.91 Å². The van der Waals surface area contributed by atoms with Gasteiger partial charge in [0.05, 0.1) is 24.2 Å². The molecule has 176 valence electrons. The number of nitrogens with zero attached hydrogens (tertiary/aromatic N) is 4. The van der Waals surface area contributed by atoms with Crippen LogP contribution in [0.4, 0.5) is 0 Å². The molecule has 0 unspecified atom stereocenters. The molecule has 0 aliphatic heterocycles. The maximum absolute atomic E-state index is 12.4. The van der Waals surface area contributed by atoms with Crippen LogP contribution in [0.25, 0.3) is 11.3 Å². The number of carbonyl (C=O) groups is 1. The fraction of sp³-hybridized carbons (Fsp3) is 0.440. The van der Waals surface area contributed by atoms with E-state index in [-0.39, 0.29) is 5.91 Å². The number of hydrazone groups is 1. The molecule has 0 bridgehead atoms. The number of carbonyl (C=O) groups excluding carboxylic acids is 1. The molecule has 3 rings (SSSR count). The molecular weight excluding hydrogens is 416 g/mol. The van der Waals surface area contributed by atoms with Gasteiger partial charge in [0, 0.05) is 23.9 Å². The zero-order valence-corrected chi connectivity index (χ0v) is 20.0. The van der Waals surface area contributed by atoms with Crippen LogP contribution in [-0.4, -0.2) is 38.7 Å². The third kappa shape index (κ3) is 6.78. The van der Waals surface area contributed by atoms with E-state index in [1.54, 1.807) is 17.0 Å². The second kappa shape index (κ2) is 12.0. The Kier molecular flexibility index (Phi) is 8.80. The standard InChI is InChI=1S/C25H34N6O2/c1-5-6-7-8-9-10-15-33-21-13-11-20(12-14-21)23-16-24(28-27-23)25(32)29-26-17-22-18(2)30-31(4)19(22)3/h11-14,16-17H,5-10,15H2,1-4H3,(H,27,28)(H,29,32)/b26-17-. The second-order valence-electron chi connectivity index (χ2n) is 8.21. The van der Waals surface area contributed by atoms with Crippen molar-refractivity contribution in [3.8, 4) is 17.0 Å². The van der Waals surface area contributed by atoms with Crippen LogP contribution in [0.15, 0.2) is 35.4 Å². The molecule has 0 atom stereocenters. The first-order valence-corrected chi connectivity index (χ1v) is 11.6. The average Bonchev–Trinajstić information content (AvgIpc) is 3.39. The molecule has 0 radical (unpaired) electrons. The van der Waals surface area contributed by atoms with Crippen LogP contribution < -0.4 is 10.2 Å². The highest BCUT2D eigenvalue weighted by Crippen LogP contribution is 2.21. The first-order valence-electron chi connectivity index (χ1n) is 11.6. The van der Waals surface area contributed by atoms with E-state index in [0.29, 0.717) is 11.4 Å². The summed E-state index contributed by atoms with van der Waals surface area (Å²) in [6.45, 7) is 6.82. The van der Waals surface area contributed by atoms with Crippen molar-refractivity contribution in [1.29, 1.82) is 0 Å². The number of nitrogens with one attached hydrogen (secondary N) is 2. The molecule has 2 N–H and O–H groups in total. The van der Waals surface area contributed by atoms with Gasteiger partial charge in [-0.1, -0.05) is 39.0 Å². The van der Waals surface area contributed by atoms with Crippen LogP contribution in [0.5, 0.6) is 5.75 Å². The maximum Gasteiger partial charge on any atom is 0.289 e. The quantitative estimate of drug-likeness (QED) is 0.232. The highest BCUT2D eigenvalue weighted by atomic mass is 16.5. The molecule has 2 heterocycles. The van der Waals surface area contributed by atoms with Crippen LogP contribution in [0, 0.1) is 13.8 Å². The summed E-state index contributed by atoms with van der Waals surface area (Å²) in [5.41, 5.74) is 7.19. The number of hydrogen-bond donors (Lipinski definition) is 2. The number of hydrogen-bond acceptors (Lipinski definition) is 5. The van der Waals surface area contributed by atoms with E-state index in [1.807, 2.05) is 45.2 Å². The minimum atomic E-state index is -0.358. The molecule has 8 heteroatoms. The Labute approximate surface area is 195 Å². The van der Waals surface area contributed by atoms with Crippen LogP contribution >= 0.6 is 0 Å². The van der Waals surface area contributed by atoms with E-state index in [4.69, 9.17) is 4.74 Å². The van der Waals surface area contributed by atoms with Gasteiger partial charge >= 0.3 is 0 Å². The number of unbranched alkanes of at least 4 members (excludes halogenated alkanes) is 5. The lowest BCUT2D eigenvalue weighted by atomic mass is 10.1. The largest absolute Gasteiger partial charge is 0.494 e. The van der Waals surface area contributed by atoms with Crippen molar-refractivity contribution in [2.45, 2.75) is 59.3 Å². The maximum atomic E-state index is 12.4. The summed E-state index contributed by atoms with van der Waals surface area (Å²) in [6.07, 6.45) is 9.07. The van der Waals surface area contributed by atoms with Crippen LogP contribution in [0.3, 0.4) is 0 Å². The molecule has 33 heavy (non-hydrogen) atoms. The summed E-state index contributed by atoms with van der Waals surface area (Å²) in [6, 6.07) is 9.46. The van der Waals surface area contributed by atoms with Gasteiger partial charge in [0.2, 0.25) is 0 Å². The first kappa shape index (κ1) is 24.2. The summed E-state index contributed by atoms with van der Waals surface area (Å²) in [7, 11) is 1.87. The van der Waals surface area contributed by atoms with Crippen molar-refractivity contribution in [2.75, 3.05) is 6.61 Å². The molecular formula is C25H34N6O2. The number of H-pyrrole nitrogens is 1. The summed E-state index contributed by atoms with van der Waals surface area (Å²) >= 11 is 0. The van der Waals surface area contributed by atoms with Crippen LogP contribution in [0.2, 0.25) is 0 Å². The first-order chi connectivity index (χ1) is 16.0. The highest BCUT2D eigenvalue weighted by molar-refractivity contribution is 5.94. The Balaban J connectivity index is 1.49. The molecule has 0 fully saturated rings. The normalized spacial score (nSPS) is 11.3. The molecule has 1 aromatic carbocycles. The zero-order valence-electron chi connectivity index (χ0n) is 20.0. The predicted molar refractivity (Wildman–Crippen MR) is 131 cm³/mol. The lowest BCUT2D eigenvalue weighted by molar-refractivity contribution is 0.0950. The minimum Gasteiger partial charge on any atom is -0.494 e. The predicted octanol–water partition coefficient (Wildman–Crippen LogP) is 4.93. The van der Waals surface area contributed by atoms with E-state index in [1.165, 1.54) is 32.1 Å². The third-order valence-corrected chi connectivity index (χ3v) is 5.66. The lowest BCUT2D eigenvalue weighted by Gasteiger charge is -2.06. The van der Waals surface area contributed by atoms with Gasteiger partial charge in [-0.25, -0.2) is 5.43 Å². The highest BCUT2D eigenvalue weighted by Gasteiger charge is 2.11. The molecule has 0 saturated carbocycles. The summed E-state index contributed by atoms with van der Waals surface area (Å²) in [5, 5.41) is 15.4. The fourth-order valence-corrected chi connectivity index (χ4v) is 3.57. The summed E-state index contributed by atoms with van der Waals surface area (Å²) < 4.78 is 7.61. The van der Waals surface area contributed by atoms with Crippen molar-refractivity contribution in [3.05, 3.63) is 53.0 Å². The Hall–Kier alpha value is -3.42. The molecule has 0 saturated heterocycles. The number of benzene rings is 1. The van der Waals surface area contributed by atoms with Gasteiger partial charge in [-0.3, -0.25) is 14.6 Å². The van der Waals surface area contributed by atoms with E-state index >= 15 is 0 Å². The van der Waals surface area contributed by atoms with Gasteiger partial charge in [-0.15, -0.1) is 0 Å². The number of amides is 1. The SMILES string of the molecule is CCCCCCCCOc1ccc(-c2cc(C(=O)N/N=C\c3c(C)nn(C)c3C)[nH]n2)cc1. The van der Waals surface area contributed by atoms with Gasteiger partial charge in [0.1, 0.15) is 11.4 Å². The van der Waals surface area contributed by atoms with Crippen LogP contribution in [0.1, 0.15) is 72.9 Å². The van der Waals surface area contributed by atoms with Crippen molar-refractivity contribution < 1.29 is 9.53 Å². The molecule has 3 aromatic rings. The molecule has 1 amide bonds. The number of aromatic nitrogens is 4. The number of aryl methyl sites for hydroxylation is 2. The van der Waals surface area contributed by atoms with Gasteiger partial charge in [-0.2, -0.15) is 15.3 Å². The number of ether oxygens (including phenoxy) is 1. The second-order valence-corrected chi connectivity index (χ2v) is 8.21. The minimum absolute atomic E-state index is 0.338. The lowest BCUT2D eigenvalue weighted by Crippen LogP contribution is -2.18. The summed E-state index contributed by atoms with van der Waals surface area (Å²) in [4.78, 5) is 12.4. The van der Waals surface area contributed by atoms with Gasteiger partial charge in [0.15, 0.2) is 0 Å². The number of rotatable bonds is 12. The monoisotopic (exact) mass is 450 g/mol. The Morgan fingerprint density at radius 3 is 2.58 bits per heavy atom. The molecule has 0 spiro atoms. The average molecular weight is 451 g/mol. The molecule has 2 aromatic heterocycles. The molecule has 0 aliphatic carbocycles. The fourth-order valence-electron chi connectivity index (χ4n) is 3.57. The molecule has 8 nitrogen and oxygen atoms in total. The summed E-state index contributed by atoms with van der Waals surface area (Å²) in [5.74, 6) is 0.485. The Bertz CT molecular complexity index is 1070. The van der Waals surface area contributed by atoms with E-state index in [0.717, 1.165) is 41.3 Å². The van der Waals surface area contributed by atoms with E-state index in [2.05, 4.69) is 32.7 Å². The zero-order chi connectivity index (χ0) is 23.6.